The molecule has 1 fully saturated rings. The van der Waals surface area contributed by atoms with Gasteiger partial charge in [-0.2, -0.15) is 0 Å². The third-order valence-corrected chi connectivity index (χ3v) is 4.14. The number of nitrogens with two attached hydrogens (primary N) is 1. The van der Waals surface area contributed by atoms with E-state index in [4.69, 9.17) is 5.73 Å². The summed E-state index contributed by atoms with van der Waals surface area (Å²) in [7, 11) is 0. The van der Waals surface area contributed by atoms with Crippen LogP contribution in [0.4, 0.5) is 15.8 Å². The lowest BCUT2D eigenvalue weighted by Crippen LogP contribution is -2.42. The molecule has 19 heavy (non-hydrogen) atoms. The molecular formula is C15H23FN2O. The summed E-state index contributed by atoms with van der Waals surface area (Å²) in [5, 5.41) is 13.5. The quantitative estimate of drug-likeness (QED) is 0.737. The molecule has 4 N–H and O–H groups in total. The molecule has 0 saturated heterocycles. The molecule has 0 aliphatic heterocycles. The highest BCUT2D eigenvalue weighted by atomic mass is 19.1. The molecule has 0 heterocycles. The number of nitrogen functional groups attached to an aromatic ring is 1. The van der Waals surface area contributed by atoms with Gasteiger partial charge in [-0.1, -0.05) is 13.8 Å². The van der Waals surface area contributed by atoms with Gasteiger partial charge in [0, 0.05) is 12.2 Å². The molecular weight excluding hydrogens is 243 g/mol. The van der Waals surface area contributed by atoms with E-state index in [0.29, 0.717) is 23.3 Å². The molecule has 1 aromatic rings. The van der Waals surface area contributed by atoms with Crippen LogP contribution in [0.3, 0.4) is 0 Å². The van der Waals surface area contributed by atoms with Crippen LogP contribution >= 0.6 is 0 Å². The Labute approximate surface area is 114 Å². The molecule has 0 atom stereocenters. The fraction of sp³-hybridized carbons (Fsp3) is 0.600. The predicted octanol–water partition coefficient (Wildman–Crippen LogP) is 3.15. The molecule has 0 spiro atoms. The van der Waals surface area contributed by atoms with Gasteiger partial charge >= 0.3 is 0 Å². The van der Waals surface area contributed by atoms with Crippen molar-refractivity contribution in [1.82, 2.24) is 0 Å². The van der Waals surface area contributed by atoms with E-state index in [0.717, 1.165) is 25.7 Å². The Kier molecular flexibility index (Phi) is 3.72. The zero-order chi connectivity index (χ0) is 14.1. The second kappa shape index (κ2) is 5.00. The van der Waals surface area contributed by atoms with Gasteiger partial charge in [0.15, 0.2) is 0 Å². The third-order valence-electron chi connectivity index (χ3n) is 4.14. The monoisotopic (exact) mass is 266 g/mol. The number of hydrogen-bond donors (Lipinski definition) is 3. The Morgan fingerprint density at radius 1 is 1.26 bits per heavy atom. The average molecular weight is 266 g/mol. The van der Waals surface area contributed by atoms with Crippen LogP contribution < -0.4 is 11.1 Å². The van der Waals surface area contributed by atoms with Crippen LogP contribution in [0.2, 0.25) is 0 Å². The second-order valence-corrected chi connectivity index (χ2v) is 6.48. The van der Waals surface area contributed by atoms with Gasteiger partial charge in [-0.05, 0) is 49.3 Å². The minimum absolute atomic E-state index is 0.304. The van der Waals surface area contributed by atoms with Gasteiger partial charge in [0.25, 0.3) is 0 Å². The first kappa shape index (κ1) is 14.1. The largest absolute Gasteiger partial charge is 0.399 e. The number of hydrogen-bond acceptors (Lipinski definition) is 3. The van der Waals surface area contributed by atoms with Gasteiger partial charge < -0.3 is 16.2 Å². The number of nitrogens with one attached hydrogen (secondary N) is 1. The van der Waals surface area contributed by atoms with E-state index in [1.807, 2.05) is 0 Å². The molecule has 0 unspecified atom stereocenters. The van der Waals surface area contributed by atoms with E-state index in [2.05, 4.69) is 19.2 Å². The zero-order valence-electron chi connectivity index (χ0n) is 11.7. The molecule has 0 radical (unpaired) electrons. The summed E-state index contributed by atoms with van der Waals surface area (Å²) in [6.07, 6.45) is 3.50. The van der Waals surface area contributed by atoms with Crippen molar-refractivity contribution in [2.45, 2.75) is 45.1 Å². The molecule has 1 aliphatic rings. The van der Waals surface area contributed by atoms with E-state index < -0.39 is 5.60 Å². The molecule has 1 aromatic carbocycles. The summed E-state index contributed by atoms with van der Waals surface area (Å²) in [4.78, 5) is 0. The predicted molar refractivity (Wildman–Crippen MR) is 76.5 cm³/mol. The number of rotatable bonds is 3. The van der Waals surface area contributed by atoms with Crippen molar-refractivity contribution in [3.05, 3.63) is 24.0 Å². The SMILES string of the molecule is CC1(C)CCC(O)(CNc2ccc(N)cc2F)CC1. The molecule has 0 aromatic heterocycles. The summed E-state index contributed by atoms with van der Waals surface area (Å²) in [5.41, 5.74) is 5.88. The Balaban J connectivity index is 1.95. The number of benzene rings is 1. The normalized spacial score (nSPS) is 21.1. The lowest BCUT2D eigenvalue weighted by atomic mass is 9.71. The summed E-state index contributed by atoms with van der Waals surface area (Å²) in [6.45, 7) is 4.82. The van der Waals surface area contributed by atoms with Crippen LogP contribution in [0.1, 0.15) is 39.5 Å². The molecule has 2 rings (SSSR count). The lowest BCUT2D eigenvalue weighted by molar-refractivity contribution is -0.0145. The van der Waals surface area contributed by atoms with Crippen molar-refractivity contribution in [1.29, 1.82) is 0 Å². The van der Waals surface area contributed by atoms with Gasteiger partial charge in [0.05, 0.1) is 11.3 Å². The summed E-state index contributed by atoms with van der Waals surface area (Å²) >= 11 is 0. The zero-order valence-corrected chi connectivity index (χ0v) is 11.7. The standard InChI is InChI=1S/C15H23FN2O/c1-14(2)5-7-15(19,8-6-14)10-18-13-4-3-11(17)9-12(13)16/h3-4,9,18-19H,5-8,10,17H2,1-2H3. The number of aliphatic hydroxyl groups is 1. The highest BCUT2D eigenvalue weighted by molar-refractivity contribution is 5.52. The van der Waals surface area contributed by atoms with Crippen molar-refractivity contribution < 1.29 is 9.50 Å². The summed E-state index contributed by atoms with van der Waals surface area (Å²) in [5.74, 6) is -0.375. The Bertz CT molecular complexity index is 449. The van der Waals surface area contributed by atoms with Gasteiger partial charge in [0.1, 0.15) is 5.82 Å². The first-order valence-corrected chi connectivity index (χ1v) is 6.81. The topological polar surface area (TPSA) is 58.3 Å². The van der Waals surface area contributed by atoms with Gasteiger partial charge in [-0.15, -0.1) is 0 Å². The van der Waals surface area contributed by atoms with Crippen molar-refractivity contribution in [3.63, 3.8) is 0 Å². The van der Waals surface area contributed by atoms with E-state index in [9.17, 15) is 9.50 Å². The van der Waals surface area contributed by atoms with E-state index >= 15 is 0 Å². The van der Waals surface area contributed by atoms with Crippen LogP contribution in [0.25, 0.3) is 0 Å². The Morgan fingerprint density at radius 3 is 2.47 bits per heavy atom. The Morgan fingerprint density at radius 2 is 1.89 bits per heavy atom. The maximum Gasteiger partial charge on any atom is 0.148 e. The third kappa shape index (κ3) is 3.60. The molecule has 0 bridgehead atoms. The van der Waals surface area contributed by atoms with Gasteiger partial charge in [-0.3, -0.25) is 0 Å². The fourth-order valence-corrected chi connectivity index (χ4v) is 2.50. The van der Waals surface area contributed by atoms with E-state index in [1.165, 1.54) is 6.07 Å². The second-order valence-electron chi connectivity index (χ2n) is 6.48. The smallest absolute Gasteiger partial charge is 0.148 e. The highest BCUT2D eigenvalue weighted by Crippen LogP contribution is 2.40. The Hall–Kier alpha value is -1.29. The maximum absolute atomic E-state index is 13.6. The van der Waals surface area contributed by atoms with Crippen molar-refractivity contribution in [2.24, 2.45) is 5.41 Å². The van der Waals surface area contributed by atoms with E-state index in [1.54, 1.807) is 12.1 Å². The molecule has 106 valence electrons. The first-order chi connectivity index (χ1) is 8.80. The molecule has 0 amide bonds. The van der Waals surface area contributed by atoms with Crippen LogP contribution in [0, 0.1) is 11.2 Å². The van der Waals surface area contributed by atoms with Crippen LogP contribution in [0.15, 0.2) is 18.2 Å². The maximum atomic E-state index is 13.6. The summed E-state index contributed by atoms with van der Waals surface area (Å²) < 4.78 is 13.6. The molecule has 1 saturated carbocycles. The average Bonchev–Trinajstić information content (AvgIpc) is 2.33. The van der Waals surface area contributed by atoms with Crippen molar-refractivity contribution >= 4 is 11.4 Å². The highest BCUT2D eigenvalue weighted by Gasteiger charge is 2.36. The van der Waals surface area contributed by atoms with Crippen molar-refractivity contribution in [3.8, 4) is 0 Å². The lowest BCUT2D eigenvalue weighted by Gasteiger charge is -2.40. The molecule has 3 nitrogen and oxygen atoms in total. The fourth-order valence-electron chi connectivity index (χ4n) is 2.50. The van der Waals surface area contributed by atoms with Gasteiger partial charge in [0.2, 0.25) is 0 Å². The number of halogens is 1. The molecule has 1 aliphatic carbocycles. The van der Waals surface area contributed by atoms with Crippen LogP contribution in [0.5, 0.6) is 0 Å². The minimum atomic E-state index is -0.733. The summed E-state index contributed by atoms with van der Waals surface area (Å²) in [6, 6.07) is 4.55. The van der Waals surface area contributed by atoms with Crippen LogP contribution in [-0.4, -0.2) is 17.3 Å². The first-order valence-electron chi connectivity index (χ1n) is 6.81. The minimum Gasteiger partial charge on any atom is -0.399 e. The van der Waals surface area contributed by atoms with Crippen LogP contribution in [-0.2, 0) is 0 Å². The van der Waals surface area contributed by atoms with Gasteiger partial charge in [-0.25, -0.2) is 4.39 Å². The van der Waals surface area contributed by atoms with E-state index in [-0.39, 0.29) is 5.82 Å². The molecule has 4 heteroatoms. The number of anilines is 2. The van der Waals surface area contributed by atoms with Crippen molar-refractivity contribution in [2.75, 3.05) is 17.6 Å².